The van der Waals surface area contributed by atoms with Crippen LogP contribution in [0.4, 0.5) is 0 Å². The number of amides is 1. The van der Waals surface area contributed by atoms with E-state index in [1.165, 1.54) is 32.1 Å². The van der Waals surface area contributed by atoms with E-state index in [-0.39, 0.29) is 11.9 Å². The minimum atomic E-state index is -0.353. The quantitative estimate of drug-likeness (QED) is 0.653. The molecule has 18 heavy (non-hydrogen) atoms. The maximum absolute atomic E-state index is 11.5. The van der Waals surface area contributed by atoms with Gasteiger partial charge in [-0.3, -0.25) is 4.79 Å². The molecule has 3 N–H and O–H groups in total. The van der Waals surface area contributed by atoms with Gasteiger partial charge in [-0.15, -0.1) is 0 Å². The lowest BCUT2D eigenvalue weighted by Gasteiger charge is -2.22. The minimum absolute atomic E-state index is 0.0329. The van der Waals surface area contributed by atoms with Crippen molar-refractivity contribution in [1.29, 1.82) is 0 Å². The molecule has 4 heteroatoms. The van der Waals surface area contributed by atoms with Crippen LogP contribution < -0.4 is 11.1 Å². The number of hydrogen-bond donors (Lipinski definition) is 2. The summed E-state index contributed by atoms with van der Waals surface area (Å²) in [5, 5.41) is 2.86. The first-order valence-corrected chi connectivity index (χ1v) is 7.39. The van der Waals surface area contributed by atoms with Crippen molar-refractivity contribution in [3.05, 3.63) is 0 Å². The van der Waals surface area contributed by atoms with E-state index in [4.69, 9.17) is 10.5 Å². The van der Waals surface area contributed by atoms with Gasteiger partial charge in [0, 0.05) is 13.2 Å². The Morgan fingerprint density at radius 3 is 2.78 bits per heavy atom. The molecular weight excluding hydrogens is 228 g/mol. The van der Waals surface area contributed by atoms with Gasteiger partial charge in [0.2, 0.25) is 5.91 Å². The van der Waals surface area contributed by atoms with E-state index in [1.807, 2.05) is 6.92 Å². The van der Waals surface area contributed by atoms with Crippen LogP contribution >= 0.6 is 0 Å². The van der Waals surface area contributed by atoms with Crippen LogP contribution in [0.25, 0.3) is 0 Å². The standard InChI is InChI=1S/C14H28N2O2/c1-2-7-13(15)14(17)16-10-6-11-18-12-8-4-3-5-9-12/h12-13H,2-11,15H2,1H3,(H,16,17)/t13-/m1/s1. The molecule has 0 bridgehead atoms. The maximum atomic E-state index is 11.5. The second-order valence-corrected chi connectivity index (χ2v) is 5.17. The summed E-state index contributed by atoms with van der Waals surface area (Å²) in [7, 11) is 0. The molecule has 0 spiro atoms. The summed E-state index contributed by atoms with van der Waals surface area (Å²) >= 11 is 0. The van der Waals surface area contributed by atoms with Crippen LogP contribution in [0.3, 0.4) is 0 Å². The molecular formula is C14H28N2O2. The van der Waals surface area contributed by atoms with E-state index in [0.29, 0.717) is 12.6 Å². The first kappa shape index (κ1) is 15.4. The van der Waals surface area contributed by atoms with Gasteiger partial charge in [0.25, 0.3) is 0 Å². The van der Waals surface area contributed by atoms with Crippen molar-refractivity contribution in [2.75, 3.05) is 13.2 Å². The summed E-state index contributed by atoms with van der Waals surface area (Å²) in [4.78, 5) is 11.5. The number of carbonyl (C=O) groups is 1. The Balaban J connectivity index is 1.95. The topological polar surface area (TPSA) is 64.4 Å². The summed E-state index contributed by atoms with van der Waals surface area (Å²) in [6.07, 6.45) is 9.38. The van der Waals surface area contributed by atoms with Crippen molar-refractivity contribution in [3.8, 4) is 0 Å². The zero-order chi connectivity index (χ0) is 13.2. The smallest absolute Gasteiger partial charge is 0.236 e. The highest BCUT2D eigenvalue weighted by atomic mass is 16.5. The lowest BCUT2D eigenvalue weighted by atomic mass is 9.98. The Bertz CT molecular complexity index is 228. The van der Waals surface area contributed by atoms with Gasteiger partial charge in [-0.25, -0.2) is 0 Å². The van der Waals surface area contributed by atoms with Crippen LogP contribution in [0.2, 0.25) is 0 Å². The third kappa shape index (κ3) is 6.36. The Hall–Kier alpha value is -0.610. The van der Waals surface area contributed by atoms with Crippen molar-refractivity contribution < 1.29 is 9.53 Å². The molecule has 1 aliphatic carbocycles. The van der Waals surface area contributed by atoms with Gasteiger partial charge in [-0.05, 0) is 25.7 Å². The predicted molar refractivity (Wildman–Crippen MR) is 73.3 cm³/mol. The molecule has 1 amide bonds. The van der Waals surface area contributed by atoms with Crippen molar-refractivity contribution in [1.82, 2.24) is 5.32 Å². The molecule has 0 aromatic carbocycles. The van der Waals surface area contributed by atoms with Gasteiger partial charge in [-0.1, -0.05) is 32.6 Å². The number of ether oxygens (including phenoxy) is 1. The lowest BCUT2D eigenvalue weighted by Crippen LogP contribution is -2.41. The molecule has 106 valence electrons. The number of rotatable bonds is 8. The number of carbonyl (C=O) groups excluding carboxylic acids is 1. The molecule has 4 nitrogen and oxygen atoms in total. The molecule has 0 saturated heterocycles. The molecule has 1 atom stereocenters. The summed E-state index contributed by atoms with van der Waals surface area (Å²) < 4.78 is 5.79. The van der Waals surface area contributed by atoms with Crippen molar-refractivity contribution >= 4 is 5.91 Å². The Labute approximate surface area is 111 Å². The molecule has 0 unspecified atom stereocenters. The molecule has 1 aliphatic rings. The van der Waals surface area contributed by atoms with Gasteiger partial charge in [-0.2, -0.15) is 0 Å². The second kappa shape index (κ2) is 9.34. The van der Waals surface area contributed by atoms with Gasteiger partial charge in [0.05, 0.1) is 12.1 Å². The fourth-order valence-electron chi connectivity index (χ4n) is 2.34. The molecule has 0 aromatic rings. The lowest BCUT2D eigenvalue weighted by molar-refractivity contribution is -0.122. The zero-order valence-electron chi connectivity index (χ0n) is 11.6. The van der Waals surface area contributed by atoms with E-state index < -0.39 is 0 Å². The highest BCUT2D eigenvalue weighted by Gasteiger charge is 2.13. The van der Waals surface area contributed by atoms with Crippen LogP contribution in [0.15, 0.2) is 0 Å². The van der Waals surface area contributed by atoms with Crippen LogP contribution in [-0.2, 0) is 9.53 Å². The predicted octanol–water partition coefficient (Wildman–Crippen LogP) is 1.97. The number of nitrogens with one attached hydrogen (secondary N) is 1. The highest BCUT2D eigenvalue weighted by Crippen LogP contribution is 2.20. The van der Waals surface area contributed by atoms with Crippen molar-refractivity contribution in [2.45, 2.75) is 70.4 Å². The summed E-state index contributed by atoms with van der Waals surface area (Å²) in [6.45, 7) is 3.45. The average Bonchev–Trinajstić information content (AvgIpc) is 2.39. The zero-order valence-corrected chi connectivity index (χ0v) is 11.6. The Morgan fingerprint density at radius 1 is 1.39 bits per heavy atom. The Kier molecular flexibility index (Phi) is 8.01. The third-order valence-corrected chi connectivity index (χ3v) is 3.46. The normalized spacial score (nSPS) is 18.6. The minimum Gasteiger partial charge on any atom is -0.378 e. The molecule has 0 heterocycles. The first-order chi connectivity index (χ1) is 8.74. The third-order valence-electron chi connectivity index (χ3n) is 3.46. The molecule has 1 rings (SSSR count). The number of nitrogens with two attached hydrogens (primary N) is 1. The fraction of sp³-hybridized carbons (Fsp3) is 0.929. The maximum Gasteiger partial charge on any atom is 0.236 e. The first-order valence-electron chi connectivity index (χ1n) is 7.39. The van der Waals surface area contributed by atoms with Crippen molar-refractivity contribution in [3.63, 3.8) is 0 Å². The largest absolute Gasteiger partial charge is 0.378 e. The van der Waals surface area contributed by atoms with E-state index in [2.05, 4.69) is 5.32 Å². The molecule has 0 radical (unpaired) electrons. The fourth-order valence-corrected chi connectivity index (χ4v) is 2.34. The summed E-state index contributed by atoms with van der Waals surface area (Å²) in [5.74, 6) is -0.0329. The average molecular weight is 256 g/mol. The van der Waals surface area contributed by atoms with Gasteiger partial charge >= 0.3 is 0 Å². The SMILES string of the molecule is CCC[C@@H](N)C(=O)NCCCOC1CCCCC1. The van der Waals surface area contributed by atoms with E-state index >= 15 is 0 Å². The van der Waals surface area contributed by atoms with Gasteiger partial charge in [0.1, 0.15) is 0 Å². The van der Waals surface area contributed by atoms with E-state index in [9.17, 15) is 4.79 Å². The van der Waals surface area contributed by atoms with Crippen LogP contribution in [-0.4, -0.2) is 31.2 Å². The van der Waals surface area contributed by atoms with E-state index in [1.54, 1.807) is 0 Å². The molecule has 1 fully saturated rings. The highest BCUT2D eigenvalue weighted by molar-refractivity contribution is 5.81. The molecule has 1 saturated carbocycles. The Morgan fingerprint density at radius 2 is 2.11 bits per heavy atom. The van der Waals surface area contributed by atoms with Crippen LogP contribution in [0.5, 0.6) is 0 Å². The van der Waals surface area contributed by atoms with Gasteiger partial charge < -0.3 is 15.8 Å². The van der Waals surface area contributed by atoms with Crippen LogP contribution in [0, 0.1) is 0 Å². The summed E-state index contributed by atoms with van der Waals surface area (Å²) in [6, 6.07) is -0.353. The summed E-state index contributed by atoms with van der Waals surface area (Å²) in [5.41, 5.74) is 5.72. The second-order valence-electron chi connectivity index (χ2n) is 5.17. The molecule has 0 aromatic heterocycles. The van der Waals surface area contributed by atoms with Gasteiger partial charge in [0.15, 0.2) is 0 Å². The monoisotopic (exact) mass is 256 g/mol. The molecule has 0 aliphatic heterocycles. The van der Waals surface area contributed by atoms with Crippen molar-refractivity contribution in [2.24, 2.45) is 5.73 Å². The number of hydrogen-bond acceptors (Lipinski definition) is 3. The van der Waals surface area contributed by atoms with E-state index in [0.717, 1.165) is 25.9 Å². The van der Waals surface area contributed by atoms with Crippen LogP contribution in [0.1, 0.15) is 58.3 Å².